The third kappa shape index (κ3) is 3.81. The van der Waals surface area contributed by atoms with E-state index in [2.05, 4.69) is 25.4 Å². The number of aliphatic hydroxyl groups excluding tert-OH is 1. The molecular weight excluding hydrogens is 397 g/mol. The van der Waals surface area contributed by atoms with Crippen LogP contribution in [0.25, 0.3) is 22.6 Å². The van der Waals surface area contributed by atoms with E-state index >= 15 is 0 Å². The highest BCUT2D eigenvalue weighted by Gasteiger charge is 2.19. The normalized spacial score (nSPS) is 12.3. The van der Waals surface area contributed by atoms with Crippen molar-refractivity contribution in [3.63, 3.8) is 0 Å². The molecule has 30 heavy (non-hydrogen) atoms. The predicted octanol–water partition coefficient (Wildman–Crippen LogP) is 3.49. The number of pyridine rings is 1. The monoisotopic (exact) mass is 414 g/mol. The summed E-state index contributed by atoms with van der Waals surface area (Å²) in [5, 5.41) is 17.0. The second-order valence-corrected chi connectivity index (χ2v) is 6.58. The van der Waals surface area contributed by atoms with E-state index in [1.807, 2.05) is 0 Å². The maximum Gasteiger partial charge on any atom is 0.183 e. The quantitative estimate of drug-likeness (QED) is 0.470. The van der Waals surface area contributed by atoms with Crippen LogP contribution in [0.5, 0.6) is 0 Å². The van der Waals surface area contributed by atoms with Crippen molar-refractivity contribution in [3.05, 3.63) is 65.7 Å². The maximum atomic E-state index is 14.1. The average molecular weight is 414 g/mol. The minimum absolute atomic E-state index is 0.00638. The van der Waals surface area contributed by atoms with Crippen molar-refractivity contribution < 1.29 is 18.3 Å². The number of aromatic nitrogens is 5. The zero-order valence-electron chi connectivity index (χ0n) is 15.9. The molecule has 2 N–H and O–H groups in total. The predicted molar refractivity (Wildman–Crippen MR) is 104 cm³/mol. The van der Waals surface area contributed by atoms with E-state index < -0.39 is 23.7 Å². The molecule has 1 unspecified atom stereocenters. The first-order chi connectivity index (χ1) is 14.5. The molecule has 0 aliphatic carbocycles. The Hall–Kier alpha value is -3.53. The number of nitrogens with one attached hydrogen (secondary N) is 1. The summed E-state index contributed by atoms with van der Waals surface area (Å²) in [5.41, 5.74) is 0.820. The maximum absolute atomic E-state index is 14.1. The molecule has 4 rings (SSSR count). The molecule has 1 aromatic carbocycles. The number of rotatable bonds is 6. The molecule has 7 nitrogen and oxygen atoms in total. The number of aliphatic hydroxyl groups is 1. The number of hydrogen-bond donors (Lipinski definition) is 2. The molecule has 0 bridgehead atoms. The Morgan fingerprint density at radius 2 is 1.90 bits per heavy atom. The second-order valence-electron chi connectivity index (χ2n) is 6.58. The first kappa shape index (κ1) is 19.8. The van der Waals surface area contributed by atoms with Crippen molar-refractivity contribution in [1.82, 2.24) is 24.7 Å². The van der Waals surface area contributed by atoms with Crippen LogP contribution in [0.2, 0.25) is 0 Å². The Balaban J connectivity index is 1.83. The second kappa shape index (κ2) is 8.07. The van der Waals surface area contributed by atoms with Crippen LogP contribution in [-0.4, -0.2) is 36.1 Å². The Labute approximate surface area is 169 Å². The Morgan fingerprint density at radius 1 is 1.10 bits per heavy atom. The largest absolute Gasteiger partial charge is 0.374 e. The number of anilines is 1. The van der Waals surface area contributed by atoms with E-state index in [0.717, 1.165) is 12.4 Å². The van der Waals surface area contributed by atoms with Crippen LogP contribution in [0.3, 0.4) is 0 Å². The van der Waals surface area contributed by atoms with Gasteiger partial charge in [0.15, 0.2) is 23.1 Å². The van der Waals surface area contributed by atoms with Crippen LogP contribution in [0.15, 0.2) is 42.7 Å². The number of halogens is 3. The lowest BCUT2D eigenvalue weighted by atomic mass is 10.2. The lowest BCUT2D eigenvalue weighted by Gasteiger charge is -2.12. The zero-order chi connectivity index (χ0) is 21.3. The van der Waals surface area contributed by atoms with Gasteiger partial charge in [-0.3, -0.25) is 0 Å². The molecule has 1 atom stereocenters. The topological polar surface area (TPSA) is 88.8 Å². The van der Waals surface area contributed by atoms with Gasteiger partial charge in [0, 0.05) is 5.56 Å². The van der Waals surface area contributed by atoms with Crippen molar-refractivity contribution in [2.75, 3.05) is 5.32 Å². The van der Waals surface area contributed by atoms with E-state index in [1.54, 1.807) is 25.1 Å². The highest BCUT2D eigenvalue weighted by molar-refractivity contribution is 5.89. The SMILES string of the molecule is CCC(O)Nc1nc(-c2nn(Cc3ccccc3F)c3ncc(F)cc23)ncc1F. The number of fused-ring (bicyclic) bond motifs is 1. The summed E-state index contributed by atoms with van der Waals surface area (Å²) in [5.74, 6) is -1.98. The molecule has 0 amide bonds. The first-order valence-electron chi connectivity index (χ1n) is 9.19. The van der Waals surface area contributed by atoms with Gasteiger partial charge in [-0.25, -0.2) is 32.8 Å². The molecule has 10 heteroatoms. The van der Waals surface area contributed by atoms with Crippen molar-refractivity contribution in [1.29, 1.82) is 0 Å². The molecule has 154 valence electrons. The lowest BCUT2D eigenvalue weighted by Crippen LogP contribution is -2.19. The van der Waals surface area contributed by atoms with Gasteiger partial charge in [-0.05, 0) is 18.6 Å². The van der Waals surface area contributed by atoms with E-state index in [1.165, 1.54) is 16.8 Å². The molecule has 0 spiro atoms. The van der Waals surface area contributed by atoms with Gasteiger partial charge in [0.25, 0.3) is 0 Å². The average Bonchev–Trinajstić information content (AvgIpc) is 3.08. The van der Waals surface area contributed by atoms with Gasteiger partial charge in [0.1, 0.15) is 23.6 Å². The minimum atomic E-state index is -1.00. The van der Waals surface area contributed by atoms with E-state index in [9.17, 15) is 18.3 Å². The van der Waals surface area contributed by atoms with Gasteiger partial charge in [0.05, 0.1) is 24.3 Å². The smallest absolute Gasteiger partial charge is 0.183 e. The van der Waals surface area contributed by atoms with Crippen molar-refractivity contribution in [2.45, 2.75) is 26.1 Å². The van der Waals surface area contributed by atoms with Gasteiger partial charge in [-0.15, -0.1) is 0 Å². The van der Waals surface area contributed by atoms with Crippen LogP contribution in [0.4, 0.5) is 19.0 Å². The zero-order valence-corrected chi connectivity index (χ0v) is 15.9. The van der Waals surface area contributed by atoms with Gasteiger partial charge >= 0.3 is 0 Å². The summed E-state index contributed by atoms with van der Waals surface area (Å²) < 4.78 is 43.5. The molecule has 0 aliphatic rings. The lowest BCUT2D eigenvalue weighted by molar-refractivity contribution is 0.198. The van der Waals surface area contributed by atoms with Crippen molar-refractivity contribution >= 4 is 16.9 Å². The van der Waals surface area contributed by atoms with E-state index in [4.69, 9.17) is 0 Å². The number of nitrogens with zero attached hydrogens (tertiary/aromatic N) is 5. The van der Waals surface area contributed by atoms with Gasteiger partial charge in [-0.2, -0.15) is 5.10 Å². The standard InChI is InChI=1S/C20H17F3N6O/c1-2-16(30)26-18-15(23)9-24-19(27-18)17-13-7-12(21)8-25-20(13)29(28-17)10-11-5-3-4-6-14(11)22/h3-9,16,30H,2,10H2,1H3,(H,24,26,27). The van der Waals surface area contributed by atoms with Gasteiger partial charge in [0.2, 0.25) is 0 Å². The molecule has 0 fully saturated rings. The third-order valence-electron chi connectivity index (χ3n) is 4.48. The number of benzene rings is 1. The molecule has 0 radical (unpaired) electrons. The fraction of sp³-hybridized carbons (Fsp3) is 0.200. The van der Waals surface area contributed by atoms with Gasteiger partial charge < -0.3 is 10.4 Å². The summed E-state index contributed by atoms with van der Waals surface area (Å²) >= 11 is 0. The molecular formula is C20H17F3N6O. The molecule has 0 saturated heterocycles. The fourth-order valence-electron chi connectivity index (χ4n) is 2.94. The van der Waals surface area contributed by atoms with Crippen LogP contribution >= 0.6 is 0 Å². The molecule has 0 saturated carbocycles. The van der Waals surface area contributed by atoms with Crippen LogP contribution in [0.1, 0.15) is 18.9 Å². The Bertz CT molecular complexity index is 1210. The summed E-state index contributed by atoms with van der Waals surface area (Å²) in [4.78, 5) is 12.1. The van der Waals surface area contributed by atoms with E-state index in [-0.39, 0.29) is 23.9 Å². The summed E-state index contributed by atoms with van der Waals surface area (Å²) in [7, 11) is 0. The Kier molecular flexibility index (Phi) is 5.32. The van der Waals surface area contributed by atoms with Crippen LogP contribution < -0.4 is 5.32 Å². The molecule has 3 heterocycles. The van der Waals surface area contributed by atoms with Crippen LogP contribution in [0, 0.1) is 17.5 Å². The van der Waals surface area contributed by atoms with Crippen LogP contribution in [-0.2, 0) is 6.54 Å². The third-order valence-corrected chi connectivity index (χ3v) is 4.48. The summed E-state index contributed by atoms with van der Waals surface area (Å²) in [6.07, 6.45) is 1.29. The molecule has 4 aromatic rings. The molecule has 0 aliphatic heterocycles. The van der Waals surface area contributed by atoms with Crippen molar-refractivity contribution in [2.24, 2.45) is 0 Å². The Morgan fingerprint density at radius 3 is 2.67 bits per heavy atom. The highest BCUT2D eigenvalue weighted by Crippen LogP contribution is 2.27. The number of hydrogen-bond acceptors (Lipinski definition) is 6. The summed E-state index contributed by atoms with van der Waals surface area (Å²) in [6.45, 7) is 1.76. The fourth-order valence-corrected chi connectivity index (χ4v) is 2.94. The van der Waals surface area contributed by atoms with Crippen molar-refractivity contribution in [3.8, 4) is 11.5 Å². The first-order valence-corrected chi connectivity index (χ1v) is 9.19. The van der Waals surface area contributed by atoms with Gasteiger partial charge in [-0.1, -0.05) is 25.1 Å². The van der Waals surface area contributed by atoms with E-state index in [0.29, 0.717) is 23.0 Å². The summed E-state index contributed by atoms with van der Waals surface area (Å²) in [6, 6.07) is 7.41. The highest BCUT2D eigenvalue weighted by atomic mass is 19.1. The molecule has 3 aromatic heterocycles. The minimum Gasteiger partial charge on any atom is -0.374 e.